The lowest BCUT2D eigenvalue weighted by molar-refractivity contribution is 0.0767. The highest BCUT2D eigenvalue weighted by atomic mass is 16.3. The Labute approximate surface area is 82.9 Å². The van der Waals surface area contributed by atoms with Gasteiger partial charge in [0.05, 0.1) is 6.61 Å². The van der Waals surface area contributed by atoms with Crippen LogP contribution in [-0.4, -0.2) is 36.1 Å². The molecule has 4 nitrogen and oxygen atoms in total. The Morgan fingerprint density at radius 2 is 2.29 bits per heavy atom. The highest BCUT2D eigenvalue weighted by Crippen LogP contribution is 2.08. The number of nitrogens with zero attached hydrogens (tertiary/aromatic N) is 1. The molecule has 4 heteroatoms. The molecule has 0 saturated heterocycles. The van der Waals surface area contributed by atoms with Gasteiger partial charge in [-0.05, 0) is 18.2 Å². The smallest absolute Gasteiger partial charge is 0.253 e. The first-order valence-electron chi connectivity index (χ1n) is 4.37. The summed E-state index contributed by atoms with van der Waals surface area (Å²) < 4.78 is 0. The van der Waals surface area contributed by atoms with Crippen molar-refractivity contribution in [3.05, 3.63) is 29.8 Å². The highest BCUT2D eigenvalue weighted by molar-refractivity contribution is 5.94. The SMILES string of the molecule is CN(CCO)C(=O)c1cccc(N)c1. The fourth-order valence-electron chi connectivity index (χ4n) is 1.14. The van der Waals surface area contributed by atoms with E-state index in [2.05, 4.69) is 0 Å². The van der Waals surface area contributed by atoms with Gasteiger partial charge < -0.3 is 15.7 Å². The topological polar surface area (TPSA) is 66.6 Å². The maximum absolute atomic E-state index is 11.6. The maximum Gasteiger partial charge on any atom is 0.253 e. The van der Waals surface area contributed by atoms with Crippen LogP contribution in [0.4, 0.5) is 5.69 Å². The molecule has 1 amide bonds. The molecule has 0 fully saturated rings. The lowest BCUT2D eigenvalue weighted by Gasteiger charge is -2.15. The molecule has 0 aromatic heterocycles. The van der Waals surface area contributed by atoms with Gasteiger partial charge in [-0.25, -0.2) is 0 Å². The molecule has 0 aliphatic rings. The molecule has 0 aliphatic carbocycles. The van der Waals surface area contributed by atoms with E-state index in [-0.39, 0.29) is 12.5 Å². The molecule has 0 spiro atoms. The quantitative estimate of drug-likeness (QED) is 0.681. The maximum atomic E-state index is 11.6. The molecular weight excluding hydrogens is 180 g/mol. The van der Waals surface area contributed by atoms with Crippen LogP contribution in [0.5, 0.6) is 0 Å². The first-order chi connectivity index (χ1) is 6.65. The number of nitrogen functional groups attached to an aromatic ring is 1. The molecule has 1 aromatic carbocycles. The summed E-state index contributed by atoms with van der Waals surface area (Å²) in [5.41, 5.74) is 6.66. The van der Waals surface area contributed by atoms with Crippen LogP contribution in [0.15, 0.2) is 24.3 Å². The van der Waals surface area contributed by atoms with Crippen LogP contribution >= 0.6 is 0 Å². The number of likely N-dealkylation sites (N-methyl/N-ethyl adjacent to an activating group) is 1. The van der Waals surface area contributed by atoms with E-state index in [1.807, 2.05) is 0 Å². The Kier molecular flexibility index (Phi) is 3.48. The van der Waals surface area contributed by atoms with Gasteiger partial charge in [0.25, 0.3) is 5.91 Å². The van der Waals surface area contributed by atoms with Crippen LogP contribution in [-0.2, 0) is 0 Å². The van der Waals surface area contributed by atoms with Gasteiger partial charge in [0, 0.05) is 24.8 Å². The number of rotatable bonds is 3. The fourth-order valence-corrected chi connectivity index (χ4v) is 1.14. The molecule has 0 saturated carbocycles. The van der Waals surface area contributed by atoms with Gasteiger partial charge in [-0.15, -0.1) is 0 Å². The standard InChI is InChI=1S/C10H14N2O2/c1-12(5-6-13)10(14)8-3-2-4-9(11)7-8/h2-4,7,13H,5-6,11H2,1H3. The number of carbonyl (C=O) groups excluding carboxylic acids is 1. The third kappa shape index (κ3) is 2.47. The molecule has 0 heterocycles. The first kappa shape index (κ1) is 10.5. The van der Waals surface area contributed by atoms with E-state index >= 15 is 0 Å². The van der Waals surface area contributed by atoms with E-state index in [9.17, 15) is 4.79 Å². The second-order valence-corrected chi connectivity index (χ2v) is 3.08. The zero-order valence-corrected chi connectivity index (χ0v) is 8.10. The summed E-state index contributed by atoms with van der Waals surface area (Å²) in [5.74, 6) is -0.133. The third-order valence-corrected chi connectivity index (χ3v) is 1.92. The van der Waals surface area contributed by atoms with Crippen molar-refractivity contribution in [1.29, 1.82) is 0 Å². The molecule has 0 atom stereocenters. The monoisotopic (exact) mass is 194 g/mol. The van der Waals surface area contributed by atoms with Crippen LogP contribution in [0.1, 0.15) is 10.4 Å². The minimum Gasteiger partial charge on any atom is -0.399 e. The second-order valence-electron chi connectivity index (χ2n) is 3.08. The number of anilines is 1. The van der Waals surface area contributed by atoms with Gasteiger partial charge in [0.15, 0.2) is 0 Å². The average Bonchev–Trinajstić information content (AvgIpc) is 2.17. The van der Waals surface area contributed by atoms with E-state index in [1.54, 1.807) is 31.3 Å². The summed E-state index contributed by atoms with van der Waals surface area (Å²) in [4.78, 5) is 13.1. The summed E-state index contributed by atoms with van der Waals surface area (Å²) in [6, 6.07) is 6.78. The number of hydrogen-bond acceptors (Lipinski definition) is 3. The van der Waals surface area contributed by atoms with E-state index in [0.717, 1.165) is 0 Å². The molecule has 1 aromatic rings. The lowest BCUT2D eigenvalue weighted by Crippen LogP contribution is -2.29. The third-order valence-electron chi connectivity index (χ3n) is 1.92. The van der Waals surface area contributed by atoms with Crippen molar-refractivity contribution in [2.24, 2.45) is 0 Å². The van der Waals surface area contributed by atoms with Crippen molar-refractivity contribution in [1.82, 2.24) is 4.90 Å². The van der Waals surface area contributed by atoms with Crippen molar-refractivity contribution in [2.75, 3.05) is 25.9 Å². The van der Waals surface area contributed by atoms with Crippen molar-refractivity contribution >= 4 is 11.6 Å². The Hall–Kier alpha value is -1.55. The fraction of sp³-hybridized carbons (Fsp3) is 0.300. The molecule has 0 bridgehead atoms. The zero-order chi connectivity index (χ0) is 10.6. The van der Waals surface area contributed by atoms with Crippen molar-refractivity contribution in [3.8, 4) is 0 Å². The first-order valence-corrected chi connectivity index (χ1v) is 4.37. The number of aliphatic hydroxyl groups excluding tert-OH is 1. The number of aliphatic hydroxyl groups is 1. The Morgan fingerprint density at radius 3 is 2.86 bits per heavy atom. The summed E-state index contributed by atoms with van der Waals surface area (Å²) in [5, 5.41) is 8.67. The van der Waals surface area contributed by atoms with Gasteiger partial charge in [0.1, 0.15) is 0 Å². The highest BCUT2D eigenvalue weighted by Gasteiger charge is 2.10. The number of hydrogen-bond donors (Lipinski definition) is 2. The lowest BCUT2D eigenvalue weighted by atomic mass is 10.2. The number of amides is 1. The molecular formula is C10H14N2O2. The van der Waals surface area contributed by atoms with Crippen LogP contribution in [0.25, 0.3) is 0 Å². The average molecular weight is 194 g/mol. The van der Waals surface area contributed by atoms with E-state index in [1.165, 1.54) is 4.90 Å². The van der Waals surface area contributed by atoms with Gasteiger partial charge >= 0.3 is 0 Å². The Morgan fingerprint density at radius 1 is 1.57 bits per heavy atom. The van der Waals surface area contributed by atoms with Gasteiger partial charge in [-0.3, -0.25) is 4.79 Å². The van der Waals surface area contributed by atoms with Gasteiger partial charge in [-0.2, -0.15) is 0 Å². The summed E-state index contributed by atoms with van der Waals surface area (Å²) >= 11 is 0. The molecule has 0 radical (unpaired) electrons. The minimum absolute atomic E-state index is 0.0371. The van der Waals surface area contributed by atoms with Crippen LogP contribution in [0.3, 0.4) is 0 Å². The number of carbonyl (C=O) groups is 1. The normalized spacial score (nSPS) is 9.86. The van der Waals surface area contributed by atoms with Crippen LogP contribution < -0.4 is 5.73 Å². The van der Waals surface area contributed by atoms with Crippen molar-refractivity contribution < 1.29 is 9.90 Å². The van der Waals surface area contributed by atoms with E-state index < -0.39 is 0 Å². The predicted molar refractivity (Wildman–Crippen MR) is 54.9 cm³/mol. The number of benzene rings is 1. The van der Waals surface area contributed by atoms with Gasteiger partial charge in [0.2, 0.25) is 0 Å². The largest absolute Gasteiger partial charge is 0.399 e. The molecule has 3 N–H and O–H groups in total. The molecule has 0 unspecified atom stereocenters. The minimum atomic E-state index is -0.133. The second kappa shape index (κ2) is 4.62. The number of nitrogens with two attached hydrogens (primary N) is 1. The van der Waals surface area contributed by atoms with Crippen LogP contribution in [0, 0.1) is 0 Å². The predicted octanol–water partition coefficient (Wildman–Crippen LogP) is 0.333. The van der Waals surface area contributed by atoms with E-state index in [4.69, 9.17) is 10.8 Å². The Balaban J connectivity index is 2.78. The summed E-state index contributed by atoms with van der Waals surface area (Å²) in [6.45, 7) is 0.290. The summed E-state index contributed by atoms with van der Waals surface area (Å²) in [7, 11) is 1.64. The molecule has 76 valence electrons. The van der Waals surface area contributed by atoms with Gasteiger partial charge in [-0.1, -0.05) is 6.07 Å². The van der Waals surface area contributed by atoms with E-state index in [0.29, 0.717) is 17.8 Å². The Bertz CT molecular complexity index is 326. The zero-order valence-electron chi connectivity index (χ0n) is 8.10. The van der Waals surface area contributed by atoms with Crippen molar-refractivity contribution in [2.45, 2.75) is 0 Å². The summed E-state index contributed by atoms with van der Waals surface area (Å²) in [6.07, 6.45) is 0. The molecule has 14 heavy (non-hydrogen) atoms. The van der Waals surface area contributed by atoms with Crippen molar-refractivity contribution in [3.63, 3.8) is 0 Å². The molecule has 0 aliphatic heterocycles. The molecule has 1 rings (SSSR count). The van der Waals surface area contributed by atoms with Crippen LogP contribution in [0.2, 0.25) is 0 Å².